The molecule has 6 heteroatoms. The summed E-state index contributed by atoms with van der Waals surface area (Å²) in [5.41, 5.74) is 0.706. The maximum atomic E-state index is 13.1. The van der Waals surface area contributed by atoms with Gasteiger partial charge >= 0.3 is 5.63 Å². The molecule has 5 nitrogen and oxygen atoms in total. The van der Waals surface area contributed by atoms with Crippen LogP contribution in [0.3, 0.4) is 0 Å². The molecular weight excluding hydrogens is 347 g/mol. The van der Waals surface area contributed by atoms with E-state index in [-0.39, 0.29) is 23.3 Å². The Hall–Kier alpha value is -3.15. The molecule has 0 saturated carbocycles. The molecule has 1 aliphatic rings. The maximum Gasteiger partial charge on any atom is 0.349 e. The molecule has 1 aliphatic heterocycles. The summed E-state index contributed by atoms with van der Waals surface area (Å²) in [7, 11) is 0. The van der Waals surface area contributed by atoms with Crippen LogP contribution in [0.4, 0.5) is 10.1 Å². The maximum absolute atomic E-state index is 13.1. The molecule has 27 heavy (non-hydrogen) atoms. The van der Waals surface area contributed by atoms with Crippen LogP contribution in [0.2, 0.25) is 0 Å². The molecule has 0 radical (unpaired) electrons. The van der Waals surface area contributed by atoms with Crippen molar-refractivity contribution in [3.05, 3.63) is 76.4 Å². The van der Waals surface area contributed by atoms with Crippen molar-refractivity contribution in [3.63, 3.8) is 0 Å². The summed E-state index contributed by atoms with van der Waals surface area (Å²) in [6, 6.07) is 14.9. The first-order valence-corrected chi connectivity index (χ1v) is 8.94. The van der Waals surface area contributed by atoms with E-state index in [0.717, 1.165) is 23.9 Å². The number of carbonyl (C=O) groups is 1. The topological polar surface area (TPSA) is 62.6 Å². The fourth-order valence-electron chi connectivity index (χ4n) is 3.44. The smallest absolute Gasteiger partial charge is 0.349 e. The number of nitrogens with one attached hydrogen (secondary N) is 1. The third-order valence-electron chi connectivity index (χ3n) is 4.80. The number of halogens is 1. The van der Waals surface area contributed by atoms with E-state index in [1.807, 2.05) is 12.1 Å². The number of likely N-dealkylation sites (tertiary alicyclic amines) is 1. The van der Waals surface area contributed by atoms with Gasteiger partial charge in [-0.05, 0) is 49.2 Å². The molecule has 2 heterocycles. The number of benzene rings is 2. The molecule has 0 aliphatic carbocycles. The highest BCUT2D eigenvalue weighted by molar-refractivity contribution is 5.96. The minimum absolute atomic E-state index is 0.0423. The van der Waals surface area contributed by atoms with Gasteiger partial charge in [-0.15, -0.1) is 0 Å². The summed E-state index contributed by atoms with van der Waals surface area (Å²) in [5, 5.41) is 4.05. The number of anilines is 1. The van der Waals surface area contributed by atoms with E-state index in [0.29, 0.717) is 18.7 Å². The van der Waals surface area contributed by atoms with Gasteiger partial charge in [0, 0.05) is 30.2 Å². The second kappa shape index (κ2) is 7.23. The van der Waals surface area contributed by atoms with Crippen LogP contribution in [0.15, 0.2) is 63.8 Å². The molecule has 0 spiro atoms. The summed E-state index contributed by atoms with van der Waals surface area (Å²) in [6.45, 7) is 1.06. The molecular formula is C21H19FN2O3. The highest BCUT2D eigenvalue weighted by Crippen LogP contribution is 2.19. The average molecular weight is 366 g/mol. The fraction of sp³-hybridized carbons (Fsp3) is 0.238. The Labute approximate surface area is 155 Å². The minimum atomic E-state index is -0.618. The van der Waals surface area contributed by atoms with E-state index in [1.54, 1.807) is 35.2 Å². The molecule has 4 rings (SSSR count). The number of fused-ring (bicyclic) bond motifs is 1. The van der Waals surface area contributed by atoms with Crippen molar-refractivity contribution in [2.75, 3.05) is 18.4 Å². The van der Waals surface area contributed by atoms with Gasteiger partial charge in [0.05, 0.1) is 0 Å². The van der Waals surface area contributed by atoms with Gasteiger partial charge in [-0.1, -0.05) is 18.2 Å². The number of nitrogens with zero attached hydrogens (tertiary/aromatic N) is 1. The number of amides is 1. The van der Waals surface area contributed by atoms with Gasteiger partial charge in [0.2, 0.25) is 0 Å². The first-order valence-electron chi connectivity index (χ1n) is 8.94. The lowest BCUT2D eigenvalue weighted by Crippen LogP contribution is -2.46. The predicted octanol–water partition coefficient (Wildman–Crippen LogP) is 3.65. The fourth-order valence-corrected chi connectivity index (χ4v) is 3.44. The molecule has 1 amide bonds. The predicted molar refractivity (Wildman–Crippen MR) is 101 cm³/mol. The van der Waals surface area contributed by atoms with Crippen molar-refractivity contribution in [3.8, 4) is 0 Å². The summed E-state index contributed by atoms with van der Waals surface area (Å²) in [5.74, 6) is -0.607. The molecule has 0 bridgehead atoms. The summed E-state index contributed by atoms with van der Waals surface area (Å²) < 4.78 is 18.3. The van der Waals surface area contributed by atoms with Crippen molar-refractivity contribution in [1.82, 2.24) is 4.90 Å². The molecule has 1 aromatic heterocycles. The summed E-state index contributed by atoms with van der Waals surface area (Å²) in [4.78, 5) is 26.8. The lowest BCUT2D eigenvalue weighted by Gasteiger charge is -2.33. The van der Waals surface area contributed by atoms with Crippen molar-refractivity contribution < 1.29 is 13.6 Å². The second-order valence-corrected chi connectivity index (χ2v) is 6.73. The number of piperidine rings is 1. The molecule has 1 fully saturated rings. The molecule has 0 unspecified atom stereocenters. The Kier molecular flexibility index (Phi) is 4.62. The molecule has 2 aromatic carbocycles. The third kappa shape index (κ3) is 3.69. The number of para-hydroxylation sites is 1. The lowest BCUT2D eigenvalue weighted by atomic mass is 10.0. The van der Waals surface area contributed by atoms with E-state index in [2.05, 4.69) is 5.32 Å². The second-order valence-electron chi connectivity index (χ2n) is 6.73. The zero-order chi connectivity index (χ0) is 18.8. The molecule has 1 saturated heterocycles. The van der Waals surface area contributed by atoms with E-state index in [9.17, 15) is 14.0 Å². The van der Waals surface area contributed by atoms with Crippen LogP contribution in [-0.4, -0.2) is 29.9 Å². The van der Waals surface area contributed by atoms with Gasteiger partial charge in [-0.2, -0.15) is 0 Å². The average Bonchev–Trinajstić information content (AvgIpc) is 2.69. The number of rotatable bonds is 3. The Morgan fingerprint density at radius 3 is 2.74 bits per heavy atom. The normalized spacial score (nSPS) is 17.1. The van der Waals surface area contributed by atoms with Crippen LogP contribution < -0.4 is 10.9 Å². The monoisotopic (exact) mass is 366 g/mol. The van der Waals surface area contributed by atoms with Gasteiger partial charge in [0.15, 0.2) is 0 Å². The van der Waals surface area contributed by atoms with Crippen LogP contribution in [0.5, 0.6) is 0 Å². The van der Waals surface area contributed by atoms with E-state index < -0.39 is 5.63 Å². The Morgan fingerprint density at radius 2 is 1.93 bits per heavy atom. The van der Waals surface area contributed by atoms with E-state index >= 15 is 0 Å². The lowest BCUT2D eigenvalue weighted by molar-refractivity contribution is 0.0710. The summed E-state index contributed by atoms with van der Waals surface area (Å²) in [6.07, 6.45) is 1.72. The van der Waals surface area contributed by atoms with Gasteiger partial charge < -0.3 is 14.6 Å². The van der Waals surface area contributed by atoms with Crippen molar-refractivity contribution in [2.24, 2.45) is 0 Å². The van der Waals surface area contributed by atoms with Crippen LogP contribution in [0.1, 0.15) is 23.2 Å². The number of carbonyl (C=O) groups excluding carboxylic acids is 1. The van der Waals surface area contributed by atoms with Gasteiger partial charge in [-0.25, -0.2) is 9.18 Å². The molecule has 3 aromatic rings. The third-order valence-corrected chi connectivity index (χ3v) is 4.80. The Bertz CT molecular complexity index is 1030. The van der Waals surface area contributed by atoms with Crippen LogP contribution in [0, 0.1) is 5.82 Å². The first-order chi connectivity index (χ1) is 13.1. The Balaban J connectivity index is 1.52. The quantitative estimate of drug-likeness (QED) is 0.719. The van der Waals surface area contributed by atoms with Crippen molar-refractivity contribution >= 4 is 22.6 Å². The first kappa shape index (κ1) is 17.3. The molecule has 1 atom stereocenters. The zero-order valence-corrected chi connectivity index (χ0v) is 14.7. The summed E-state index contributed by atoms with van der Waals surface area (Å²) >= 11 is 0. The highest BCUT2D eigenvalue weighted by Gasteiger charge is 2.26. The van der Waals surface area contributed by atoms with Crippen LogP contribution in [-0.2, 0) is 0 Å². The van der Waals surface area contributed by atoms with E-state index in [1.165, 1.54) is 12.1 Å². The Morgan fingerprint density at radius 1 is 1.15 bits per heavy atom. The SMILES string of the molecule is O=C(c1cc2ccccc2oc1=O)N1CCC[C@H](Nc2ccc(F)cc2)C1. The number of hydrogen-bond donors (Lipinski definition) is 1. The minimum Gasteiger partial charge on any atom is -0.422 e. The van der Waals surface area contributed by atoms with Crippen LogP contribution >= 0.6 is 0 Å². The van der Waals surface area contributed by atoms with Crippen molar-refractivity contribution in [2.45, 2.75) is 18.9 Å². The van der Waals surface area contributed by atoms with Gasteiger partial charge in [0.1, 0.15) is 17.0 Å². The van der Waals surface area contributed by atoms with Crippen molar-refractivity contribution in [1.29, 1.82) is 0 Å². The van der Waals surface area contributed by atoms with Crippen LogP contribution in [0.25, 0.3) is 11.0 Å². The number of hydrogen-bond acceptors (Lipinski definition) is 4. The van der Waals surface area contributed by atoms with E-state index in [4.69, 9.17) is 4.42 Å². The largest absolute Gasteiger partial charge is 0.422 e. The molecule has 1 N–H and O–H groups in total. The van der Waals surface area contributed by atoms with Gasteiger partial charge in [0.25, 0.3) is 5.91 Å². The van der Waals surface area contributed by atoms with Gasteiger partial charge in [-0.3, -0.25) is 4.79 Å². The zero-order valence-electron chi connectivity index (χ0n) is 14.7. The highest BCUT2D eigenvalue weighted by atomic mass is 19.1. The standard InChI is InChI=1S/C21H19FN2O3/c22-15-7-9-16(10-8-15)23-17-5-3-11-24(13-17)20(25)18-12-14-4-1-2-6-19(14)27-21(18)26/h1-2,4,6-10,12,17,23H,3,5,11,13H2/t17-/m0/s1. The molecule has 138 valence electrons.